The third-order valence-corrected chi connectivity index (χ3v) is 6.80. The normalized spacial score (nSPS) is 12.8. The van der Waals surface area contributed by atoms with Gasteiger partial charge in [0, 0.05) is 11.8 Å². The van der Waals surface area contributed by atoms with Crippen LogP contribution in [-0.2, 0) is 12.8 Å². The van der Waals surface area contributed by atoms with Crippen LogP contribution in [0.5, 0.6) is 0 Å². The molecule has 38 heavy (non-hydrogen) atoms. The van der Waals surface area contributed by atoms with Crippen molar-refractivity contribution in [2.24, 2.45) is 0 Å². The van der Waals surface area contributed by atoms with Crippen molar-refractivity contribution >= 4 is 35.2 Å². The number of carbonyl (C=O) groups is 1. The Kier molecular flexibility index (Phi) is 7.00. The molecule has 0 aliphatic heterocycles. The minimum Gasteiger partial charge on any atom is -0.478 e. The third kappa shape index (κ3) is 5.32. The fourth-order valence-electron chi connectivity index (χ4n) is 4.86. The summed E-state index contributed by atoms with van der Waals surface area (Å²) in [6.45, 7) is 0. The van der Waals surface area contributed by atoms with Gasteiger partial charge in [0.15, 0.2) is 0 Å². The lowest BCUT2D eigenvalue weighted by molar-refractivity contribution is -0.383. The van der Waals surface area contributed by atoms with E-state index < -0.39 is 10.9 Å². The molecule has 6 nitrogen and oxygen atoms in total. The van der Waals surface area contributed by atoms with Crippen LogP contribution in [0.3, 0.4) is 0 Å². The molecular weight excluding hydrogens is 483 g/mol. The van der Waals surface area contributed by atoms with E-state index in [4.69, 9.17) is 0 Å². The van der Waals surface area contributed by atoms with Crippen LogP contribution in [0, 0.1) is 15.9 Å². The van der Waals surface area contributed by atoms with E-state index in [0.717, 1.165) is 42.5 Å². The van der Waals surface area contributed by atoms with Crippen molar-refractivity contribution in [1.29, 1.82) is 0 Å². The molecule has 2 N–H and O–H groups in total. The van der Waals surface area contributed by atoms with Crippen LogP contribution < -0.4 is 5.32 Å². The minimum absolute atomic E-state index is 0.0703. The Bertz CT molecular complexity index is 1560. The number of benzene rings is 4. The van der Waals surface area contributed by atoms with Crippen LogP contribution in [0.25, 0.3) is 23.3 Å². The molecule has 4 aromatic rings. The number of carboxylic acid groups (broad SMARTS) is 1. The summed E-state index contributed by atoms with van der Waals surface area (Å²) in [4.78, 5) is 23.3. The average Bonchev–Trinajstić information content (AvgIpc) is 2.92. The summed E-state index contributed by atoms with van der Waals surface area (Å²) >= 11 is 0. The number of hydrogen-bond acceptors (Lipinski definition) is 4. The van der Waals surface area contributed by atoms with Gasteiger partial charge in [0.25, 0.3) is 5.69 Å². The van der Waals surface area contributed by atoms with E-state index in [9.17, 15) is 24.4 Å². The van der Waals surface area contributed by atoms with Gasteiger partial charge in [-0.05, 0) is 95.5 Å². The molecule has 4 aromatic carbocycles. The van der Waals surface area contributed by atoms with Crippen LogP contribution >= 0.6 is 0 Å². The van der Waals surface area contributed by atoms with Crippen LogP contribution in [0.4, 0.5) is 21.5 Å². The summed E-state index contributed by atoms with van der Waals surface area (Å²) in [7, 11) is 0. The van der Waals surface area contributed by atoms with Crippen LogP contribution in [0.1, 0.15) is 45.5 Å². The minimum atomic E-state index is -1.09. The third-order valence-electron chi connectivity index (χ3n) is 6.80. The topological polar surface area (TPSA) is 92.5 Å². The van der Waals surface area contributed by atoms with E-state index >= 15 is 0 Å². The number of fused-ring (bicyclic) bond motifs is 1. The first-order valence-electron chi connectivity index (χ1n) is 12.4. The van der Waals surface area contributed by atoms with Crippen molar-refractivity contribution in [2.45, 2.75) is 25.7 Å². The zero-order valence-electron chi connectivity index (χ0n) is 20.5. The van der Waals surface area contributed by atoms with Crippen molar-refractivity contribution in [3.8, 4) is 11.1 Å². The summed E-state index contributed by atoms with van der Waals surface area (Å²) in [6.07, 6.45) is 7.47. The summed E-state index contributed by atoms with van der Waals surface area (Å²) in [5.74, 6) is -1.45. The van der Waals surface area contributed by atoms with Gasteiger partial charge < -0.3 is 10.4 Å². The highest BCUT2D eigenvalue weighted by Crippen LogP contribution is 2.34. The smallest absolute Gasteiger partial charge is 0.336 e. The maximum Gasteiger partial charge on any atom is 0.336 e. The first-order valence-corrected chi connectivity index (χ1v) is 12.4. The number of aromatic carboxylic acids is 1. The standard InChI is InChI=1S/C31H25FN2O4/c32-25-14-11-21(12-15-25)23-13-16-27(31(35)36)24(19-23)10-8-20-9-17-29(30(18-20)34(37)38)33-28-7-3-5-22-4-1-2-6-26(22)28/h3,5,7-19,33H,1-2,4,6H2,(H,35,36)/b10-8+. The number of nitrogens with zero attached hydrogens (tertiary/aromatic N) is 1. The maximum atomic E-state index is 13.3. The second kappa shape index (κ2) is 10.7. The van der Waals surface area contributed by atoms with Crippen LogP contribution in [0.2, 0.25) is 0 Å². The molecule has 0 radical (unpaired) electrons. The highest BCUT2D eigenvalue weighted by molar-refractivity contribution is 5.95. The fourth-order valence-corrected chi connectivity index (χ4v) is 4.86. The van der Waals surface area contributed by atoms with E-state index in [1.54, 1.807) is 48.6 Å². The Morgan fingerprint density at radius 3 is 2.42 bits per heavy atom. The zero-order valence-corrected chi connectivity index (χ0v) is 20.5. The molecule has 5 rings (SSSR count). The summed E-state index contributed by atoms with van der Waals surface area (Å²) in [5.41, 5.74) is 6.25. The number of rotatable bonds is 7. The number of nitro benzene ring substituents is 1. The molecule has 0 aromatic heterocycles. The molecule has 0 atom stereocenters. The Labute approximate surface area is 219 Å². The van der Waals surface area contributed by atoms with Crippen molar-refractivity contribution < 1.29 is 19.2 Å². The number of nitro groups is 1. The van der Waals surface area contributed by atoms with Crippen molar-refractivity contribution in [1.82, 2.24) is 0 Å². The molecule has 7 heteroatoms. The molecule has 0 saturated carbocycles. The molecule has 0 heterocycles. The fraction of sp³-hybridized carbons (Fsp3) is 0.129. The number of hydrogen-bond donors (Lipinski definition) is 2. The van der Waals surface area contributed by atoms with E-state index in [2.05, 4.69) is 11.4 Å². The zero-order chi connectivity index (χ0) is 26.6. The highest BCUT2D eigenvalue weighted by Gasteiger charge is 2.18. The first kappa shape index (κ1) is 24.9. The van der Waals surface area contributed by atoms with E-state index in [1.807, 2.05) is 12.1 Å². The van der Waals surface area contributed by atoms with Crippen molar-refractivity contribution in [3.05, 3.63) is 123 Å². The molecule has 0 bridgehead atoms. The maximum absolute atomic E-state index is 13.3. The molecule has 0 saturated heterocycles. The SMILES string of the molecule is O=C(O)c1ccc(-c2ccc(F)cc2)cc1/C=C/c1ccc(Nc2cccc3c2CCCC3)c([N+](=O)[O-])c1. The van der Waals surface area contributed by atoms with Gasteiger partial charge in [0.05, 0.1) is 10.5 Å². The number of halogens is 1. The first-order chi connectivity index (χ1) is 18.4. The van der Waals surface area contributed by atoms with Crippen molar-refractivity contribution in [2.75, 3.05) is 5.32 Å². The lowest BCUT2D eigenvalue weighted by Crippen LogP contribution is -2.07. The van der Waals surface area contributed by atoms with Gasteiger partial charge in [0.2, 0.25) is 0 Å². The Balaban J connectivity index is 1.46. The predicted molar refractivity (Wildman–Crippen MR) is 147 cm³/mol. The average molecular weight is 509 g/mol. The molecule has 190 valence electrons. The Hall–Kier alpha value is -4.78. The highest BCUT2D eigenvalue weighted by atomic mass is 19.1. The van der Waals surface area contributed by atoms with Gasteiger partial charge in [-0.1, -0.05) is 48.6 Å². The van der Waals surface area contributed by atoms with E-state index in [-0.39, 0.29) is 17.1 Å². The van der Waals surface area contributed by atoms with Crippen LogP contribution in [-0.4, -0.2) is 16.0 Å². The number of aryl methyl sites for hydroxylation is 1. The number of nitrogens with one attached hydrogen (secondary N) is 1. The Morgan fingerprint density at radius 1 is 0.895 bits per heavy atom. The summed E-state index contributed by atoms with van der Waals surface area (Å²) in [5, 5.41) is 24.9. The molecule has 0 unspecified atom stereocenters. The molecular formula is C31H25FN2O4. The second-order valence-corrected chi connectivity index (χ2v) is 9.26. The van der Waals surface area contributed by atoms with Gasteiger partial charge in [-0.2, -0.15) is 0 Å². The van der Waals surface area contributed by atoms with E-state index in [1.165, 1.54) is 35.4 Å². The second-order valence-electron chi connectivity index (χ2n) is 9.26. The molecule has 1 aliphatic carbocycles. The van der Waals surface area contributed by atoms with Gasteiger partial charge in [0.1, 0.15) is 11.5 Å². The monoisotopic (exact) mass is 508 g/mol. The Morgan fingerprint density at radius 2 is 1.66 bits per heavy atom. The van der Waals surface area contributed by atoms with Crippen molar-refractivity contribution in [3.63, 3.8) is 0 Å². The molecule has 1 aliphatic rings. The van der Waals surface area contributed by atoms with Gasteiger partial charge in [-0.15, -0.1) is 0 Å². The van der Waals surface area contributed by atoms with Gasteiger partial charge in [-0.3, -0.25) is 10.1 Å². The summed E-state index contributed by atoms with van der Waals surface area (Å²) in [6, 6.07) is 21.7. The quantitative estimate of drug-likeness (QED) is 0.150. The molecule has 0 amide bonds. The molecule has 0 spiro atoms. The van der Waals surface area contributed by atoms with E-state index in [0.29, 0.717) is 16.8 Å². The number of anilines is 2. The number of carboxylic acids is 1. The van der Waals surface area contributed by atoms with Crippen LogP contribution in [0.15, 0.2) is 78.9 Å². The lowest BCUT2D eigenvalue weighted by Gasteiger charge is -2.20. The summed E-state index contributed by atoms with van der Waals surface area (Å²) < 4.78 is 13.3. The predicted octanol–water partition coefficient (Wildman–Crippen LogP) is 7.89. The largest absolute Gasteiger partial charge is 0.478 e. The van der Waals surface area contributed by atoms with Gasteiger partial charge in [-0.25, -0.2) is 9.18 Å². The lowest BCUT2D eigenvalue weighted by atomic mass is 9.90. The molecule has 0 fully saturated rings. The van der Waals surface area contributed by atoms with Gasteiger partial charge >= 0.3 is 5.97 Å².